The monoisotopic (exact) mass is 252 g/mol. The molecule has 0 aliphatic carbocycles. The molecule has 0 aliphatic rings. The number of carbonyl (C=O) groups is 1. The first-order chi connectivity index (χ1) is 6.63. The van der Waals surface area contributed by atoms with Gasteiger partial charge in [0, 0.05) is 0 Å². The molecule has 72 valence electrons. The van der Waals surface area contributed by atoms with Crippen LogP contribution in [0.3, 0.4) is 0 Å². The van der Waals surface area contributed by atoms with Crippen LogP contribution in [0, 0.1) is 0 Å². The summed E-state index contributed by atoms with van der Waals surface area (Å²) in [5.74, 6) is -0.309. The van der Waals surface area contributed by atoms with Crippen LogP contribution in [0.5, 0.6) is 0 Å². The molecule has 0 fully saturated rings. The lowest BCUT2D eigenvalue weighted by Gasteiger charge is -1.99. The van der Waals surface area contributed by atoms with Crippen LogP contribution in [0.4, 0.5) is 0 Å². The van der Waals surface area contributed by atoms with Crippen LogP contribution in [0.1, 0.15) is 15.9 Å². The van der Waals surface area contributed by atoms with Crippen molar-refractivity contribution in [2.24, 2.45) is 0 Å². The number of ether oxygens (including phenoxy) is 1. The van der Waals surface area contributed by atoms with E-state index in [1.165, 1.54) is 7.11 Å². The Morgan fingerprint density at radius 1 is 1.43 bits per heavy atom. The maximum Gasteiger partial charge on any atom is 0.337 e. The number of hydrogen-bond acceptors (Lipinski definition) is 2. The van der Waals surface area contributed by atoms with Gasteiger partial charge in [-0.25, -0.2) is 4.79 Å². The Labute approximate surface area is 92.5 Å². The summed E-state index contributed by atoms with van der Waals surface area (Å²) in [6.45, 7) is 0. The maximum atomic E-state index is 11.1. The number of benzene rings is 1. The van der Waals surface area contributed by atoms with Gasteiger partial charge >= 0.3 is 5.97 Å². The van der Waals surface area contributed by atoms with E-state index in [9.17, 15) is 4.79 Å². The normalized spacial score (nSPS) is 11.1. The second kappa shape index (κ2) is 5.01. The molecule has 0 saturated carbocycles. The van der Waals surface area contributed by atoms with E-state index < -0.39 is 0 Å². The summed E-state index contributed by atoms with van der Waals surface area (Å²) in [4.78, 5) is 11.1. The lowest BCUT2D eigenvalue weighted by atomic mass is 10.1. The number of rotatable bonds is 2. The Balaban J connectivity index is 2.89. The SMILES string of the molecule is B/C(Br)=C/c1ccc(C(=O)OC)cc1. The van der Waals surface area contributed by atoms with Gasteiger partial charge in [-0.05, 0) is 22.1 Å². The van der Waals surface area contributed by atoms with Gasteiger partial charge in [0.1, 0.15) is 7.85 Å². The van der Waals surface area contributed by atoms with Gasteiger partial charge < -0.3 is 4.74 Å². The van der Waals surface area contributed by atoms with Crippen molar-refractivity contribution in [2.45, 2.75) is 0 Å². The Hall–Kier alpha value is -1.03. The molecular formula is C10H10BBrO2. The number of esters is 1. The summed E-state index contributed by atoms with van der Waals surface area (Å²) in [6, 6.07) is 7.23. The highest BCUT2D eigenvalue weighted by Crippen LogP contribution is 2.11. The molecular weight excluding hydrogens is 243 g/mol. The van der Waals surface area contributed by atoms with E-state index in [2.05, 4.69) is 20.7 Å². The fraction of sp³-hybridized carbons (Fsp3) is 0.100. The van der Waals surface area contributed by atoms with Crippen LogP contribution >= 0.6 is 15.9 Å². The predicted octanol–water partition coefficient (Wildman–Crippen LogP) is 1.80. The van der Waals surface area contributed by atoms with Crippen molar-refractivity contribution in [1.82, 2.24) is 0 Å². The summed E-state index contributed by atoms with van der Waals surface area (Å²) in [5, 5.41) is 0. The number of carbonyl (C=O) groups excluding carboxylic acids is 1. The van der Waals surface area contributed by atoms with E-state index in [0.29, 0.717) is 5.56 Å². The molecule has 0 N–H and O–H groups in total. The molecule has 0 radical (unpaired) electrons. The maximum absolute atomic E-state index is 11.1. The zero-order valence-electron chi connectivity index (χ0n) is 8.08. The third kappa shape index (κ3) is 3.03. The van der Waals surface area contributed by atoms with Crippen molar-refractivity contribution in [3.8, 4) is 0 Å². The van der Waals surface area contributed by atoms with Gasteiger partial charge in [-0.1, -0.05) is 34.1 Å². The van der Waals surface area contributed by atoms with E-state index in [1.54, 1.807) is 12.1 Å². The second-order valence-corrected chi connectivity index (χ2v) is 4.10. The van der Waals surface area contributed by atoms with Crippen molar-refractivity contribution >= 4 is 35.8 Å². The topological polar surface area (TPSA) is 26.3 Å². The lowest BCUT2D eigenvalue weighted by Crippen LogP contribution is -2.00. The van der Waals surface area contributed by atoms with E-state index in [4.69, 9.17) is 0 Å². The predicted molar refractivity (Wildman–Crippen MR) is 63.2 cm³/mol. The molecule has 0 aromatic heterocycles. The quantitative estimate of drug-likeness (QED) is 0.593. The summed E-state index contributed by atoms with van der Waals surface area (Å²) in [6.07, 6.45) is 1.97. The van der Waals surface area contributed by atoms with Crippen molar-refractivity contribution in [3.05, 3.63) is 39.8 Å². The van der Waals surface area contributed by atoms with Gasteiger partial charge in [-0.3, -0.25) is 0 Å². The van der Waals surface area contributed by atoms with Crippen LogP contribution in [-0.4, -0.2) is 20.9 Å². The standard InChI is InChI=1S/C10H10BBrO2/c1-14-10(13)8-4-2-7(3-5-8)6-9(11)12/h2-6H,11H2,1H3/b9-6-. The van der Waals surface area contributed by atoms with Crippen molar-refractivity contribution in [1.29, 1.82) is 0 Å². The average molecular weight is 253 g/mol. The molecule has 1 aromatic rings. The Bertz CT molecular complexity index is 353. The first-order valence-corrected chi connectivity index (χ1v) is 4.95. The summed E-state index contributed by atoms with van der Waals surface area (Å²) in [7, 11) is 3.33. The largest absolute Gasteiger partial charge is 0.465 e. The summed E-state index contributed by atoms with van der Waals surface area (Å²) in [5.41, 5.74) is 1.61. The van der Waals surface area contributed by atoms with Crippen LogP contribution in [0.15, 0.2) is 28.6 Å². The summed E-state index contributed by atoms with van der Waals surface area (Å²) < 4.78 is 5.64. The van der Waals surface area contributed by atoms with Crippen LogP contribution < -0.4 is 0 Å². The molecule has 0 aliphatic heterocycles. The molecule has 0 unspecified atom stereocenters. The van der Waals surface area contributed by atoms with E-state index >= 15 is 0 Å². The van der Waals surface area contributed by atoms with Crippen LogP contribution in [0.2, 0.25) is 0 Å². The molecule has 1 rings (SSSR count). The third-order valence-corrected chi connectivity index (χ3v) is 1.93. The Morgan fingerprint density at radius 3 is 2.43 bits per heavy atom. The highest BCUT2D eigenvalue weighted by atomic mass is 79.9. The molecule has 0 bridgehead atoms. The summed E-state index contributed by atoms with van der Waals surface area (Å²) >= 11 is 3.34. The van der Waals surface area contributed by atoms with Gasteiger partial charge in [0.05, 0.1) is 12.7 Å². The molecule has 1 aromatic carbocycles. The highest BCUT2D eigenvalue weighted by Gasteiger charge is 2.02. The van der Waals surface area contributed by atoms with Gasteiger partial charge in [0.15, 0.2) is 0 Å². The fourth-order valence-electron chi connectivity index (χ4n) is 1.06. The molecule has 2 nitrogen and oxygen atoms in total. The zero-order valence-corrected chi connectivity index (χ0v) is 9.67. The van der Waals surface area contributed by atoms with Gasteiger partial charge in [0.2, 0.25) is 0 Å². The minimum atomic E-state index is -0.309. The molecule has 0 spiro atoms. The fourth-order valence-corrected chi connectivity index (χ4v) is 1.33. The van der Waals surface area contributed by atoms with E-state index in [-0.39, 0.29) is 5.97 Å². The second-order valence-electron chi connectivity index (χ2n) is 2.84. The number of methoxy groups -OCH3 is 1. The van der Waals surface area contributed by atoms with Crippen molar-refractivity contribution in [2.75, 3.05) is 7.11 Å². The zero-order chi connectivity index (χ0) is 10.6. The minimum absolute atomic E-state index is 0.309. The number of halogens is 1. The molecule has 0 amide bonds. The van der Waals surface area contributed by atoms with Gasteiger partial charge in [-0.15, -0.1) is 0 Å². The van der Waals surface area contributed by atoms with Gasteiger partial charge in [0.25, 0.3) is 0 Å². The third-order valence-electron chi connectivity index (χ3n) is 1.70. The van der Waals surface area contributed by atoms with Crippen molar-refractivity contribution < 1.29 is 9.53 Å². The van der Waals surface area contributed by atoms with E-state index in [1.807, 2.05) is 26.1 Å². The Kier molecular flexibility index (Phi) is 3.95. The van der Waals surface area contributed by atoms with Crippen molar-refractivity contribution in [3.63, 3.8) is 0 Å². The van der Waals surface area contributed by atoms with Crippen LogP contribution in [-0.2, 0) is 4.74 Å². The first-order valence-electron chi connectivity index (χ1n) is 4.15. The van der Waals surface area contributed by atoms with E-state index in [0.717, 1.165) is 9.95 Å². The molecule has 0 atom stereocenters. The Morgan fingerprint density at radius 2 is 2.00 bits per heavy atom. The van der Waals surface area contributed by atoms with Crippen LogP contribution in [0.25, 0.3) is 6.08 Å². The molecule has 4 heteroatoms. The number of hydrogen-bond donors (Lipinski definition) is 0. The highest BCUT2D eigenvalue weighted by molar-refractivity contribution is 9.12. The lowest BCUT2D eigenvalue weighted by molar-refractivity contribution is 0.0601. The molecule has 14 heavy (non-hydrogen) atoms. The molecule has 0 saturated heterocycles. The first kappa shape index (κ1) is 11.1. The van der Waals surface area contributed by atoms with Gasteiger partial charge in [-0.2, -0.15) is 0 Å². The minimum Gasteiger partial charge on any atom is -0.465 e. The average Bonchev–Trinajstić information content (AvgIpc) is 2.17. The molecule has 0 heterocycles. The smallest absolute Gasteiger partial charge is 0.337 e.